The van der Waals surface area contributed by atoms with Gasteiger partial charge in [0.15, 0.2) is 6.10 Å². The molecule has 0 rings (SSSR count). The van der Waals surface area contributed by atoms with E-state index in [2.05, 4.69) is 38.1 Å². The van der Waals surface area contributed by atoms with E-state index in [9.17, 15) is 24.6 Å². The largest absolute Gasteiger partial charge is 0.481 e. The number of aliphatic hydroxyl groups excluding tert-OH is 1. The molecule has 1 amide bonds. The Kier molecular flexibility index (Phi) is 16.3. The number of nitrogens with one attached hydrogen (secondary N) is 1. The van der Waals surface area contributed by atoms with Crippen LogP contribution in [0.1, 0.15) is 74.1 Å². The molecule has 2 unspecified atom stereocenters. The number of amides is 1. The van der Waals surface area contributed by atoms with Gasteiger partial charge in [-0.2, -0.15) is 0 Å². The maximum Gasteiger partial charge on any atom is 0.407 e. The third-order valence-electron chi connectivity index (χ3n) is 4.48. The molecule has 0 aliphatic heterocycles. The molecule has 38 heavy (non-hydrogen) atoms. The molecule has 0 fully saturated rings. The average Bonchev–Trinajstić information content (AvgIpc) is 2.70. The molecule has 0 aliphatic rings. The van der Waals surface area contributed by atoms with E-state index in [1.165, 1.54) is 18.0 Å². The first kappa shape index (κ1) is 35.7. The van der Waals surface area contributed by atoms with E-state index in [4.69, 9.17) is 9.47 Å². The van der Waals surface area contributed by atoms with Crippen LogP contribution in [0.4, 0.5) is 4.79 Å². The van der Waals surface area contributed by atoms with Crippen LogP contribution < -0.4 is 5.32 Å². The third kappa shape index (κ3) is 19.8. The Morgan fingerprint density at radius 3 is 2.34 bits per heavy atom. The molecular weight excluding hydrogens is 576 g/mol. The predicted octanol–water partition coefficient (Wildman–Crippen LogP) is 5.42. The van der Waals surface area contributed by atoms with E-state index in [0.717, 1.165) is 4.48 Å². The fraction of sp³-hybridized carbons (Fsp3) is 0.630. The fourth-order valence-corrected chi connectivity index (χ4v) is 3.90. The summed E-state index contributed by atoms with van der Waals surface area (Å²) in [5.41, 5.74) is -0.659. The summed E-state index contributed by atoms with van der Waals surface area (Å²) in [5.74, 6) is 3.54. The van der Waals surface area contributed by atoms with Crippen molar-refractivity contribution in [3.63, 3.8) is 0 Å². The standard InChI is InChI=1S/C27H41BrN2O7S/c1-18(28)13-22(36-24(34)11-12-27(6,7)15-19(2)31)16-29-21(17-38-8)10-9-20(14-23(32)33)30-25(35)37-26(3,4)5/h13,16-17,19-20,22,31H,9-10,14-15H2,1-8H3,(H,30,35)(H,32,33)/b18-13+,21-17-,29-16?/t19?,20-,22?/m1/s1. The van der Waals surface area contributed by atoms with Gasteiger partial charge in [-0.1, -0.05) is 21.9 Å². The van der Waals surface area contributed by atoms with Crippen molar-refractivity contribution in [3.8, 4) is 11.8 Å². The van der Waals surface area contributed by atoms with E-state index in [1.54, 1.807) is 46.1 Å². The zero-order chi connectivity index (χ0) is 29.5. The smallest absolute Gasteiger partial charge is 0.407 e. The van der Waals surface area contributed by atoms with Gasteiger partial charge < -0.3 is 25.0 Å². The second kappa shape index (κ2) is 17.3. The summed E-state index contributed by atoms with van der Waals surface area (Å²) in [6, 6.07) is -0.665. The topological polar surface area (TPSA) is 135 Å². The summed E-state index contributed by atoms with van der Waals surface area (Å²) in [6.45, 7) is 12.3. The highest BCUT2D eigenvalue weighted by Crippen LogP contribution is 2.21. The van der Waals surface area contributed by atoms with Crippen molar-refractivity contribution < 1.29 is 34.1 Å². The predicted molar refractivity (Wildman–Crippen MR) is 155 cm³/mol. The lowest BCUT2D eigenvalue weighted by Crippen LogP contribution is -2.40. The summed E-state index contributed by atoms with van der Waals surface area (Å²) in [5, 5.41) is 23.3. The number of hydrogen-bond acceptors (Lipinski definition) is 8. The van der Waals surface area contributed by atoms with E-state index in [1.807, 2.05) is 20.1 Å². The van der Waals surface area contributed by atoms with Crippen LogP contribution in [0.15, 0.2) is 26.7 Å². The van der Waals surface area contributed by atoms with Gasteiger partial charge >= 0.3 is 18.0 Å². The van der Waals surface area contributed by atoms with Crippen molar-refractivity contribution in [1.82, 2.24) is 5.32 Å². The molecule has 3 atom stereocenters. The van der Waals surface area contributed by atoms with Crippen molar-refractivity contribution in [2.75, 3.05) is 6.26 Å². The molecule has 214 valence electrons. The number of aliphatic imine (C=N–C) groups is 1. The van der Waals surface area contributed by atoms with Gasteiger partial charge in [-0.25, -0.2) is 9.59 Å². The summed E-state index contributed by atoms with van der Waals surface area (Å²) in [4.78, 5) is 40.3. The second-order valence-electron chi connectivity index (χ2n) is 10.4. The number of ether oxygens (including phenoxy) is 2. The number of carbonyl (C=O) groups is 3. The van der Waals surface area contributed by atoms with Crippen molar-refractivity contribution in [1.29, 1.82) is 0 Å². The van der Waals surface area contributed by atoms with Crippen molar-refractivity contribution in [2.24, 2.45) is 10.4 Å². The van der Waals surface area contributed by atoms with Crippen LogP contribution in [0, 0.1) is 17.3 Å². The zero-order valence-electron chi connectivity index (χ0n) is 23.5. The molecule has 0 bridgehead atoms. The van der Waals surface area contributed by atoms with E-state index < -0.39 is 47.3 Å². The van der Waals surface area contributed by atoms with Crippen LogP contribution in [0.25, 0.3) is 0 Å². The summed E-state index contributed by atoms with van der Waals surface area (Å²) in [7, 11) is 0. The number of aliphatic hydroxyl groups is 1. The minimum Gasteiger partial charge on any atom is -0.481 e. The zero-order valence-corrected chi connectivity index (χ0v) is 25.9. The Hall–Kier alpha value is -2.29. The van der Waals surface area contributed by atoms with Crippen LogP contribution >= 0.6 is 27.7 Å². The summed E-state index contributed by atoms with van der Waals surface area (Å²) >= 11 is 4.75. The Bertz CT molecular complexity index is 953. The number of carboxylic acid groups (broad SMARTS) is 1. The first-order valence-electron chi connectivity index (χ1n) is 12.2. The minimum atomic E-state index is -1.05. The van der Waals surface area contributed by atoms with Gasteiger partial charge in [0, 0.05) is 29.3 Å². The quantitative estimate of drug-likeness (QED) is 0.108. The first-order chi connectivity index (χ1) is 17.4. The number of aliphatic carboxylic acids is 1. The molecule has 0 radical (unpaired) electrons. The van der Waals surface area contributed by atoms with Crippen molar-refractivity contribution in [3.05, 3.63) is 21.7 Å². The van der Waals surface area contributed by atoms with Gasteiger partial charge in [0.1, 0.15) is 5.60 Å². The number of hydrogen-bond donors (Lipinski definition) is 3. The van der Waals surface area contributed by atoms with Gasteiger partial charge in [-0.3, -0.25) is 9.79 Å². The molecule has 9 nitrogen and oxygen atoms in total. The van der Waals surface area contributed by atoms with Crippen LogP contribution in [-0.4, -0.2) is 64.6 Å². The van der Waals surface area contributed by atoms with Gasteiger partial charge in [0.05, 0.1) is 12.5 Å². The molecule has 0 saturated carbocycles. The van der Waals surface area contributed by atoms with Crippen molar-refractivity contribution >= 4 is 51.9 Å². The molecule has 3 N–H and O–H groups in total. The number of rotatable bonds is 13. The van der Waals surface area contributed by atoms with Crippen LogP contribution in [0.2, 0.25) is 0 Å². The Balaban J connectivity index is 5.51. The maximum atomic E-state index is 12.4. The van der Waals surface area contributed by atoms with Crippen LogP contribution in [0.3, 0.4) is 0 Å². The summed E-state index contributed by atoms with van der Waals surface area (Å²) in [6.07, 6.45) is 3.71. The normalized spacial score (nSPS) is 15.2. The van der Waals surface area contributed by atoms with E-state index >= 15 is 0 Å². The average molecular weight is 618 g/mol. The highest BCUT2D eigenvalue weighted by molar-refractivity contribution is 9.11. The monoisotopic (exact) mass is 616 g/mol. The lowest BCUT2D eigenvalue weighted by Gasteiger charge is -2.23. The number of thioether (sulfide) groups is 1. The molecule has 0 aromatic heterocycles. The molecule has 0 aromatic rings. The number of alkyl carbamates (subject to hydrolysis) is 1. The molecule has 11 heteroatoms. The molecular formula is C27H41BrN2O7S. The van der Waals surface area contributed by atoms with Gasteiger partial charge in [0.25, 0.3) is 0 Å². The van der Waals surface area contributed by atoms with Gasteiger partial charge in [-0.05, 0) is 90.0 Å². The number of carbonyl (C=O) groups excluding carboxylic acids is 2. The van der Waals surface area contributed by atoms with E-state index in [0.29, 0.717) is 25.0 Å². The van der Waals surface area contributed by atoms with Crippen LogP contribution in [0.5, 0.6) is 0 Å². The number of esters is 1. The number of carboxylic acids is 1. The molecule has 0 heterocycles. The Labute approximate surface area is 239 Å². The highest BCUT2D eigenvalue weighted by atomic mass is 79.9. The minimum absolute atomic E-state index is 0.272. The van der Waals surface area contributed by atoms with Gasteiger partial charge in [0.2, 0.25) is 0 Å². The number of allylic oxidation sites excluding steroid dienone is 2. The Morgan fingerprint density at radius 2 is 1.84 bits per heavy atom. The maximum absolute atomic E-state index is 12.4. The van der Waals surface area contributed by atoms with Crippen LogP contribution in [-0.2, 0) is 19.1 Å². The summed E-state index contributed by atoms with van der Waals surface area (Å²) < 4.78 is 11.4. The number of halogens is 1. The fourth-order valence-electron chi connectivity index (χ4n) is 3.19. The lowest BCUT2D eigenvalue weighted by atomic mass is 9.88. The molecule has 0 aromatic carbocycles. The Morgan fingerprint density at radius 1 is 1.21 bits per heavy atom. The highest BCUT2D eigenvalue weighted by Gasteiger charge is 2.22. The van der Waals surface area contributed by atoms with E-state index in [-0.39, 0.29) is 6.42 Å². The third-order valence-corrected chi connectivity index (χ3v) is 5.25. The first-order valence-corrected chi connectivity index (χ1v) is 14.2. The molecule has 0 spiro atoms. The SMILES string of the molecule is CS/C=C(/CC[C@H](CC(=O)O)NC(=O)OC(C)(C)C)N=CC(/C=C(\C)Br)OC(=O)C#CC(C)(C)CC(C)O. The second-order valence-corrected chi connectivity index (χ2v) is 12.4. The van der Waals surface area contributed by atoms with Gasteiger partial charge in [-0.15, -0.1) is 11.8 Å². The lowest BCUT2D eigenvalue weighted by molar-refractivity contribution is -0.138. The van der Waals surface area contributed by atoms with Crippen molar-refractivity contribution in [2.45, 2.75) is 98.0 Å². The molecule has 0 aliphatic carbocycles. The number of nitrogens with zero attached hydrogens (tertiary/aromatic N) is 1. The molecule has 0 saturated heterocycles.